The van der Waals surface area contributed by atoms with Gasteiger partial charge in [-0.05, 0) is 31.0 Å². The predicted molar refractivity (Wildman–Crippen MR) is 85.9 cm³/mol. The van der Waals surface area contributed by atoms with Crippen molar-refractivity contribution in [3.63, 3.8) is 0 Å². The van der Waals surface area contributed by atoms with Gasteiger partial charge in [-0.2, -0.15) is 0 Å². The Labute approximate surface area is 138 Å². The second kappa shape index (κ2) is 7.03. The van der Waals surface area contributed by atoms with Crippen LogP contribution in [0, 0.1) is 0 Å². The number of amides is 1. The monoisotopic (exact) mass is 327 g/mol. The van der Waals surface area contributed by atoms with Gasteiger partial charge < -0.3 is 15.3 Å². The summed E-state index contributed by atoms with van der Waals surface area (Å²) in [5.74, 6) is -0.893. The van der Waals surface area contributed by atoms with E-state index in [1.54, 1.807) is 18.5 Å². The van der Waals surface area contributed by atoms with Gasteiger partial charge in [0.05, 0.1) is 0 Å². The Morgan fingerprint density at radius 1 is 1.17 bits per heavy atom. The number of carboxylic acids is 1. The summed E-state index contributed by atoms with van der Waals surface area (Å²) >= 11 is 0. The molecule has 24 heavy (non-hydrogen) atoms. The maximum atomic E-state index is 12.3. The van der Waals surface area contributed by atoms with Crippen molar-refractivity contribution in [1.29, 1.82) is 0 Å². The molecule has 0 aliphatic carbocycles. The maximum absolute atomic E-state index is 12.3. The highest BCUT2D eigenvalue weighted by molar-refractivity contribution is 5.94. The first kappa shape index (κ1) is 15.9. The van der Waals surface area contributed by atoms with Crippen LogP contribution in [0.2, 0.25) is 0 Å². The van der Waals surface area contributed by atoms with Gasteiger partial charge in [0.25, 0.3) is 5.91 Å². The van der Waals surface area contributed by atoms with Crippen LogP contribution in [-0.2, 0) is 0 Å². The predicted octanol–water partition coefficient (Wildman–Crippen LogP) is 0.969. The first-order valence-corrected chi connectivity index (χ1v) is 7.66. The third-order valence-corrected chi connectivity index (χ3v) is 3.79. The molecule has 1 unspecified atom stereocenters. The highest BCUT2D eigenvalue weighted by atomic mass is 16.4. The maximum Gasteiger partial charge on any atom is 0.354 e. The van der Waals surface area contributed by atoms with Crippen molar-refractivity contribution in [3.8, 4) is 0 Å². The Bertz CT molecular complexity index is 738. The first-order chi connectivity index (χ1) is 11.6. The van der Waals surface area contributed by atoms with Crippen molar-refractivity contribution >= 4 is 17.8 Å². The van der Waals surface area contributed by atoms with Gasteiger partial charge in [-0.3, -0.25) is 4.79 Å². The van der Waals surface area contributed by atoms with E-state index in [4.69, 9.17) is 5.11 Å². The van der Waals surface area contributed by atoms with Crippen LogP contribution in [0.3, 0.4) is 0 Å². The van der Waals surface area contributed by atoms with E-state index < -0.39 is 5.97 Å². The van der Waals surface area contributed by atoms with Gasteiger partial charge >= 0.3 is 5.97 Å². The van der Waals surface area contributed by atoms with E-state index in [9.17, 15) is 9.59 Å². The van der Waals surface area contributed by atoms with Gasteiger partial charge in [0.1, 0.15) is 11.4 Å². The molecular weight excluding hydrogens is 310 g/mol. The van der Waals surface area contributed by atoms with Crippen LogP contribution in [0.5, 0.6) is 0 Å². The van der Waals surface area contributed by atoms with Crippen LogP contribution in [0.4, 0.5) is 5.95 Å². The van der Waals surface area contributed by atoms with Crippen LogP contribution in [0.25, 0.3) is 0 Å². The standard InChI is InChI=1S/C16H17N5O3/c22-14(12-5-1-6-13(20-12)15(23)24)19-11-4-2-9-21(10-11)16-17-7-3-8-18-16/h1,3,5-8,11H,2,4,9-10H2,(H,19,22)(H,23,24). The summed E-state index contributed by atoms with van der Waals surface area (Å²) in [7, 11) is 0. The van der Waals surface area contributed by atoms with Gasteiger partial charge in [0.2, 0.25) is 5.95 Å². The number of nitrogens with zero attached hydrogens (tertiary/aromatic N) is 4. The zero-order chi connectivity index (χ0) is 16.9. The average Bonchev–Trinajstić information content (AvgIpc) is 2.63. The minimum Gasteiger partial charge on any atom is -0.477 e. The molecule has 0 bridgehead atoms. The molecular formula is C16H17N5O3. The molecule has 3 heterocycles. The summed E-state index contributed by atoms with van der Waals surface area (Å²) in [5.41, 5.74) is -0.0476. The lowest BCUT2D eigenvalue weighted by molar-refractivity contribution is 0.0690. The van der Waals surface area contributed by atoms with Crippen molar-refractivity contribution in [1.82, 2.24) is 20.3 Å². The summed E-state index contributed by atoms with van der Waals surface area (Å²) < 4.78 is 0. The zero-order valence-electron chi connectivity index (χ0n) is 12.9. The third-order valence-electron chi connectivity index (χ3n) is 3.79. The lowest BCUT2D eigenvalue weighted by atomic mass is 10.1. The summed E-state index contributed by atoms with van der Waals surface area (Å²) in [5, 5.41) is 11.9. The van der Waals surface area contributed by atoms with Crippen molar-refractivity contribution in [2.45, 2.75) is 18.9 Å². The molecule has 0 spiro atoms. The number of nitrogens with one attached hydrogen (secondary N) is 1. The number of carbonyl (C=O) groups is 2. The summed E-state index contributed by atoms with van der Waals surface area (Å²) in [6.45, 7) is 1.44. The fourth-order valence-corrected chi connectivity index (χ4v) is 2.67. The van der Waals surface area contributed by atoms with E-state index in [1.165, 1.54) is 18.2 Å². The SMILES string of the molecule is O=C(O)c1cccc(C(=O)NC2CCCN(c3ncccn3)C2)n1. The Kier molecular flexibility index (Phi) is 4.64. The number of pyridine rings is 1. The molecule has 0 radical (unpaired) electrons. The van der Waals surface area contributed by atoms with Gasteiger partial charge in [0, 0.05) is 31.5 Å². The lowest BCUT2D eigenvalue weighted by Gasteiger charge is -2.33. The molecule has 1 saturated heterocycles. The average molecular weight is 327 g/mol. The number of hydrogen-bond donors (Lipinski definition) is 2. The molecule has 2 aromatic rings. The molecule has 1 aliphatic rings. The summed E-state index contributed by atoms with van der Waals surface area (Å²) in [6, 6.07) is 6.06. The Morgan fingerprint density at radius 2 is 1.92 bits per heavy atom. The smallest absolute Gasteiger partial charge is 0.354 e. The normalized spacial score (nSPS) is 17.3. The van der Waals surface area contributed by atoms with E-state index in [2.05, 4.69) is 20.3 Å². The topological polar surface area (TPSA) is 108 Å². The van der Waals surface area contributed by atoms with E-state index in [-0.39, 0.29) is 23.3 Å². The number of rotatable bonds is 4. The molecule has 1 aliphatic heterocycles. The van der Waals surface area contributed by atoms with Crippen LogP contribution in [0.15, 0.2) is 36.7 Å². The van der Waals surface area contributed by atoms with Crippen LogP contribution < -0.4 is 10.2 Å². The molecule has 2 aromatic heterocycles. The second-order valence-electron chi connectivity index (χ2n) is 5.52. The van der Waals surface area contributed by atoms with Gasteiger partial charge in [0.15, 0.2) is 0 Å². The van der Waals surface area contributed by atoms with Gasteiger partial charge in [-0.1, -0.05) is 6.07 Å². The van der Waals surface area contributed by atoms with Crippen LogP contribution in [-0.4, -0.2) is 51.1 Å². The van der Waals surface area contributed by atoms with Crippen LogP contribution >= 0.6 is 0 Å². The Morgan fingerprint density at radius 3 is 2.67 bits per heavy atom. The Hall–Kier alpha value is -3.03. The van der Waals surface area contributed by atoms with Crippen molar-refractivity contribution in [3.05, 3.63) is 48.0 Å². The highest BCUT2D eigenvalue weighted by Gasteiger charge is 2.24. The van der Waals surface area contributed by atoms with Crippen LogP contribution in [0.1, 0.15) is 33.8 Å². The molecule has 8 heteroatoms. The molecule has 0 aromatic carbocycles. The summed E-state index contributed by atoms with van der Waals surface area (Å²) in [6.07, 6.45) is 5.12. The van der Waals surface area contributed by atoms with Gasteiger partial charge in [-0.15, -0.1) is 0 Å². The number of piperidine rings is 1. The first-order valence-electron chi connectivity index (χ1n) is 7.66. The van der Waals surface area contributed by atoms with Crippen molar-refractivity contribution in [2.75, 3.05) is 18.0 Å². The second-order valence-corrected chi connectivity index (χ2v) is 5.52. The summed E-state index contributed by atoms with van der Waals surface area (Å²) in [4.78, 5) is 37.6. The molecule has 2 N–H and O–H groups in total. The van der Waals surface area contributed by atoms with E-state index in [0.29, 0.717) is 12.5 Å². The number of hydrogen-bond acceptors (Lipinski definition) is 6. The minimum atomic E-state index is -1.16. The number of carbonyl (C=O) groups excluding carboxylic acids is 1. The molecule has 1 fully saturated rings. The zero-order valence-corrected chi connectivity index (χ0v) is 12.9. The van der Waals surface area contributed by atoms with Crippen molar-refractivity contribution < 1.29 is 14.7 Å². The quantitative estimate of drug-likeness (QED) is 0.861. The molecule has 3 rings (SSSR count). The molecule has 124 valence electrons. The molecule has 0 saturated carbocycles. The Balaban J connectivity index is 1.66. The molecule has 8 nitrogen and oxygen atoms in total. The number of carboxylic acid groups (broad SMARTS) is 1. The van der Waals surface area contributed by atoms with Crippen molar-refractivity contribution in [2.24, 2.45) is 0 Å². The molecule has 1 amide bonds. The minimum absolute atomic E-state index is 0.0645. The largest absolute Gasteiger partial charge is 0.477 e. The van der Waals surface area contributed by atoms with E-state index >= 15 is 0 Å². The number of aromatic carboxylic acids is 1. The highest BCUT2D eigenvalue weighted by Crippen LogP contribution is 2.15. The lowest BCUT2D eigenvalue weighted by Crippen LogP contribution is -2.48. The molecule has 1 atom stereocenters. The van der Waals surface area contributed by atoms with E-state index in [0.717, 1.165) is 19.4 Å². The fourth-order valence-electron chi connectivity index (χ4n) is 2.67. The number of aromatic nitrogens is 3. The van der Waals surface area contributed by atoms with Gasteiger partial charge in [-0.25, -0.2) is 19.7 Å². The number of anilines is 1. The third kappa shape index (κ3) is 3.65. The fraction of sp³-hybridized carbons (Fsp3) is 0.312. The van der Waals surface area contributed by atoms with E-state index in [1.807, 2.05) is 4.90 Å².